The molecule has 13 nitrogen and oxygen atoms in total. The van der Waals surface area contributed by atoms with Crippen LogP contribution in [-0.4, -0.2) is 75.6 Å². The van der Waals surface area contributed by atoms with Gasteiger partial charge in [-0.1, -0.05) is 13.8 Å². The van der Waals surface area contributed by atoms with Crippen LogP contribution in [0.3, 0.4) is 0 Å². The number of rotatable bonds is 14. The van der Waals surface area contributed by atoms with Gasteiger partial charge in [-0.15, -0.1) is 0 Å². The Morgan fingerprint density at radius 2 is 1.37 bits per heavy atom. The van der Waals surface area contributed by atoms with Crippen LogP contribution < -0.4 is 21.7 Å². The van der Waals surface area contributed by atoms with Crippen molar-refractivity contribution in [3.05, 3.63) is 0 Å². The van der Waals surface area contributed by atoms with Gasteiger partial charge in [-0.2, -0.15) is 0 Å². The summed E-state index contributed by atoms with van der Waals surface area (Å²) in [5.41, 5.74) is 5.50. The molecule has 0 aliphatic heterocycles. The molecule has 3 unspecified atom stereocenters. The first-order chi connectivity index (χ1) is 13.8. The number of carboxylic acids is 3. The molecule has 0 radical (unpaired) electrons. The van der Waals surface area contributed by atoms with Crippen LogP contribution in [-0.2, 0) is 28.8 Å². The Morgan fingerprint density at radius 3 is 1.83 bits per heavy atom. The average molecular weight is 432 g/mol. The van der Waals surface area contributed by atoms with Gasteiger partial charge >= 0.3 is 17.9 Å². The summed E-state index contributed by atoms with van der Waals surface area (Å²) in [6.07, 6.45) is -1.25. The molecule has 3 atom stereocenters. The third kappa shape index (κ3) is 10.9. The third-order valence-electron chi connectivity index (χ3n) is 3.96. The van der Waals surface area contributed by atoms with E-state index in [0.29, 0.717) is 0 Å². The fourth-order valence-electron chi connectivity index (χ4n) is 2.26. The van der Waals surface area contributed by atoms with E-state index in [0.717, 1.165) is 0 Å². The highest BCUT2D eigenvalue weighted by Crippen LogP contribution is 2.05. The summed E-state index contributed by atoms with van der Waals surface area (Å²) in [6, 6.07) is -3.73. The number of carboxylic acid groups (broad SMARTS) is 3. The summed E-state index contributed by atoms with van der Waals surface area (Å²) >= 11 is 0. The van der Waals surface area contributed by atoms with Crippen molar-refractivity contribution in [3.8, 4) is 0 Å². The molecule has 30 heavy (non-hydrogen) atoms. The Labute approximate surface area is 172 Å². The van der Waals surface area contributed by atoms with Gasteiger partial charge in [0.2, 0.25) is 17.7 Å². The lowest BCUT2D eigenvalue weighted by Gasteiger charge is -2.23. The van der Waals surface area contributed by atoms with Gasteiger partial charge in [0.05, 0.1) is 12.6 Å². The predicted octanol–water partition coefficient (Wildman–Crippen LogP) is -2.13. The molecule has 0 saturated heterocycles. The second kappa shape index (κ2) is 13.1. The summed E-state index contributed by atoms with van der Waals surface area (Å²) in [5.74, 6) is -6.60. The molecule has 0 saturated carbocycles. The molecule has 3 amide bonds. The van der Waals surface area contributed by atoms with E-state index in [-0.39, 0.29) is 19.3 Å². The lowest BCUT2D eigenvalue weighted by atomic mass is 10.0. The van der Waals surface area contributed by atoms with Crippen LogP contribution in [0.5, 0.6) is 0 Å². The Hall–Kier alpha value is -3.22. The molecule has 8 N–H and O–H groups in total. The molecule has 0 spiro atoms. The number of aliphatic carboxylic acids is 3. The van der Waals surface area contributed by atoms with E-state index in [2.05, 4.69) is 16.0 Å². The van der Waals surface area contributed by atoms with Gasteiger partial charge in [0.15, 0.2) is 0 Å². The minimum atomic E-state index is -1.34. The summed E-state index contributed by atoms with van der Waals surface area (Å²) < 4.78 is 0. The number of carbonyl (C=O) groups is 6. The molecular formula is C17H28N4O9. The molecule has 0 heterocycles. The third-order valence-corrected chi connectivity index (χ3v) is 3.96. The molecule has 0 aliphatic carbocycles. The maximum absolute atomic E-state index is 12.4. The highest BCUT2D eigenvalue weighted by atomic mass is 16.4. The molecule has 0 aromatic carbocycles. The van der Waals surface area contributed by atoms with Crippen molar-refractivity contribution in [2.45, 2.75) is 57.7 Å². The molecule has 0 fully saturated rings. The second-order valence-electron chi connectivity index (χ2n) is 6.88. The van der Waals surface area contributed by atoms with E-state index >= 15 is 0 Å². The smallest absolute Gasteiger partial charge is 0.326 e. The molecule has 13 heteroatoms. The first-order valence-corrected chi connectivity index (χ1v) is 9.14. The topological polar surface area (TPSA) is 225 Å². The maximum atomic E-state index is 12.4. The van der Waals surface area contributed by atoms with Crippen LogP contribution in [0.25, 0.3) is 0 Å². The van der Waals surface area contributed by atoms with E-state index in [4.69, 9.17) is 21.1 Å². The lowest BCUT2D eigenvalue weighted by Crippen LogP contribution is -2.54. The monoisotopic (exact) mass is 432 g/mol. The highest BCUT2D eigenvalue weighted by molar-refractivity contribution is 5.92. The molecule has 0 aromatic rings. The van der Waals surface area contributed by atoms with Crippen LogP contribution in [0.4, 0.5) is 0 Å². The molecule has 170 valence electrons. The average Bonchev–Trinajstić information content (AvgIpc) is 2.64. The first kappa shape index (κ1) is 26.8. The fraction of sp³-hybridized carbons (Fsp3) is 0.647. The van der Waals surface area contributed by atoms with Crippen LogP contribution >= 0.6 is 0 Å². The zero-order valence-electron chi connectivity index (χ0n) is 16.7. The quantitative estimate of drug-likeness (QED) is 0.158. The molecule has 0 aromatic heterocycles. The molecular weight excluding hydrogens is 404 g/mol. The standard InChI is InChI=1S/C17H28N4O9/c1-8(2)14(17(29)30)21-16(28)10(4-6-13(25)26)20-11(22)7-19-15(27)9(18)3-5-12(23)24/h8-10,14H,3-7,18H2,1-2H3,(H,19,27)(H,20,22)(H,21,28)(H,23,24)(H,25,26)(H,29,30). The Balaban J connectivity index is 4.90. The highest BCUT2D eigenvalue weighted by Gasteiger charge is 2.29. The van der Waals surface area contributed by atoms with Crippen molar-refractivity contribution in [2.75, 3.05) is 6.54 Å². The van der Waals surface area contributed by atoms with Gasteiger partial charge in [-0.25, -0.2) is 4.79 Å². The minimum Gasteiger partial charge on any atom is -0.481 e. The van der Waals surface area contributed by atoms with Gasteiger partial charge < -0.3 is 37.0 Å². The van der Waals surface area contributed by atoms with Gasteiger partial charge in [-0.3, -0.25) is 24.0 Å². The van der Waals surface area contributed by atoms with E-state index in [9.17, 15) is 28.8 Å². The fourth-order valence-corrected chi connectivity index (χ4v) is 2.26. The number of carbonyl (C=O) groups excluding carboxylic acids is 3. The van der Waals surface area contributed by atoms with Gasteiger partial charge in [0.25, 0.3) is 0 Å². The van der Waals surface area contributed by atoms with Crippen molar-refractivity contribution >= 4 is 35.6 Å². The minimum absolute atomic E-state index is 0.141. The van der Waals surface area contributed by atoms with Crippen molar-refractivity contribution in [3.63, 3.8) is 0 Å². The van der Waals surface area contributed by atoms with Gasteiger partial charge in [0, 0.05) is 12.8 Å². The van der Waals surface area contributed by atoms with E-state index in [1.54, 1.807) is 13.8 Å². The maximum Gasteiger partial charge on any atom is 0.326 e. The predicted molar refractivity (Wildman–Crippen MR) is 101 cm³/mol. The largest absolute Gasteiger partial charge is 0.481 e. The Kier molecular flexibility index (Phi) is 11.7. The van der Waals surface area contributed by atoms with E-state index < -0.39 is 72.6 Å². The van der Waals surface area contributed by atoms with Crippen LogP contribution in [0, 0.1) is 5.92 Å². The van der Waals surface area contributed by atoms with Gasteiger partial charge in [-0.05, 0) is 18.8 Å². The molecule has 0 aliphatic rings. The molecule has 0 bridgehead atoms. The Morgan fingerprint density at radius 1 is 0.833 bits per heavy atom. The number of nitrogens with two attached hydrogens (primary N) is 1. The van der Waals surface area contributed by atoms with Crippen LogP contribution in [0.1, 0.15) is 39.5 Å². The summed E-state index contributed by atoms with van der Waals surface area (Å²) in [5, 5.41) is 33.2. The van der Waals surface area contributed by atoms with E-state index in [1.807, 2.05) is 0 Å². The van der Waals surface area contributed by atoms with Crippen molar-refractivity contribution in [1.29, 1.82) is 0 Å². The van der Waals surface area contributed by atoms with Gasteiger partial charge in [0.1, 0.15) is 12.1 Å². The SMILES string of the molecule is CC(C)C(NC(=O)C(CCC(=O)O)NC(=O)CNC(=O)C(N)CCC(=O)O)C(=O)O. The van der Waals surface area contributed by atoms with Crippen molar-refractivity contribution < 1.29 is 44.1 Å². The van der Waals surface area contributed by atoms with Crippen molar-refractivity contribution in [2.24, 2.45) is 11.7 Å². The number of hydrogen-bond donors (Lipinski definition) is 7. The lowest BCUT2D eigenvalue weighted by molar-refractivity contribution is -0.144. The van der Waals surface area contributed by atoms with Crippen LogP contribution in [0.15, 0.2) is 0 Å². The van der Waals surface area contributed by atoms with E-state index in [1.165, 1.54) is 0 Å². The van der Waals surface area contributed by atoms with Crippen LogP contribution in [0.2, 0.25) is 0 Å². The number of hydrogen-bond acceptors (Lipinski definition) is 7. The number of amides is 3. The summed E-state index contributed by atoms with van der Waals surface area (Å²) in [4.78, 5) is 68.7. The summed E-state index contributed by atoms with van der Waals surface area (Å²) in [7, 11) is 0. The first-order valence-electron chi connectivity index (χ1n) is 9.14. The zero-order valence-corrected chi connectivity index (χ0v) is 16.7. The second-order valence-corrected chi connectivity index (χ2v) is 6.88. The summed E-state index contributed by atoms with van der Waals surface area (Å²) in [6.45, 7) is 2.53. The van der Waals surface area contributed by atoms with Crippen molar-refractivity contribution in [1.82, 2.24) is 16.0 Å². The Bertz CT molecular complexity index is 666. The molecule has 0 rings (SSSR count). The zero-order chi connectivity index (χ0) is 23.4. The normalized spacial score (nSPS) is 13.6. The number of nitrogens with one attached hydrogen (secondary N) is 3.